The van der Waals surface area contributed by atoms with Crippen LogP contribution in [0.4, 0.5) is 0 Å². The molecule has 0 bridgehead atoms. The van der Waals surface area contributed by atoms with Crippen LogP contribution in [0.3, 0.4) is 0 Å². The molecule has 1 fully saturated rings. The van der Waals surface area contributed by atoms with Gasteiger partial charge in [0, 0.05) is 31.4 Å². The van der Waals surface area contributed by atoms with Crippen LogP contribution in [0.15, 0.2) is 54.7 Å². The molecule has 1 aliphatic heterocycles. The van der Waals surface area contributed by atoms with E-state index in [1.165, 1.54) is 5.56 Å². The fourth-order valence-corrected chi connectivity index (χ4v) is 4.42. The Hall–Kier alpha value is -3.28. The average molecular weight is 434 g/mol. The Morgan fingerprint density at radius 2 is 1.84 bits per heavy atom. The van der Waals surface area contributed by atoms with Crippen LogP contribution in [-0.2, 0) is 17.8 Å². The second kappa shape index (κ2) is 9.90. The molecule has 1 saturated heterocycles. The minimum atomic E-state index is 0.0276. The molecule has 1 amide bonds. The molecule has 0 saturated carbocycles. The summed E-state index contributed by atoms with van der Waals surface area (Å²) >= 11 is 0. The van der Waals surface area contributed by atoms with Crippen LogP contribution in [0.2, 0.25) is 0 Å². The Labute approximate surface area is 189 Å². The van der Waals surface area contributed by atoms with Gasteiger partial charge in [-0.05, 0) is 61.6 Å². The molecule has 6 heteroatoms. The van der Waals surface area contributed by atoms with E-state index >= 15 is 0 Å². The Balaban J connectivity index is 1.47. The van der Waals surface area contributed by atoms with E-state index in [0.717, 1.165) is 54.5 Å². The fraction of sp³-hybridized carbons (Fsp3) is 0.385. The number of likely N-dealkylation sites (tertiary alicyclic amines) is 1. The zero-order chi connectivity index (χ0) is 22.5. The summed E-state index contributed by atoms with van der Waals surface area (Å²) in [6, 6.07) is 16.1. The van der Waals surface area contributed by atoms with Gasteiger partial charge in [0.05, 0.1) is 20.3 Å². The van der Waals surface area contributed by atoms with Gasteiger partial charge in [-0.15, -0.1) is 0 Å². The highest BCUT2D eigenvalue weighted by Gasteiger charge is 2.33. The maximum Gasteiger partial charge on any atom is 0.223 e. The maximum absolute atomic E-state index is 13.1. The van der Waals surface area contributed by atoms with Crippen molar-refractivity contribution in [2.75, 3.05) is 20.8 Å². The van der Waals surface area contributed by atoms with Gasteiger partial charge in [0.25, 0.3) is 0 Å². The zero-order valence-electron chi connectivity index (χ0n) is 19.1. The fourth-order valence-electron chi connectivity index (χ4n) is 4.42. The quantitative estimate of drug-likeness (QED) is 0.523. The first kappa shape index (κ1) is 21.9. The number of hydrogen-bond donors (Lipinski definition) is 0. The summed E-state index contributed by atoms with van der Waals surface area (Å²) in [5.41, 5.74) is 3.40. The molecule has 1 unspecified atom stereocenters. The summed E-state index contributed by atoms with van der Waals surface area (Å²) in [4.78, 5) is 19.9. The molecule has 1 atom stereocenters. The van der Waals surface area contributed by atoms with Crippen molar-refractivity contribution in [2.45, 2.75) is 45.2 Å². The van der Waals surface area contributed by atoms with Crippen LogP contribution < -0.4 is 9.47 Å². The van der Waals surface area contributed by atoms with Gasteiger partial charge in [0.2, 0.25) is 5.91 Å². The molecular weight excluding hydrogens is 402 g/mol. The SMILES string of the molecule is COc1ccc(Cn2c(C)cnc2C2CCCN2C(=O)CCc2cccc(OC)c2)cc1. The lowest BCUT2D eigenvalue weighted by atomic mass is 10.1. The van der Waals surface area contributed by atoms with Gasteiger partial charge in [0.1, 0.15) is 17.3 Å². The van der Waals surface area contributed by atoms with Gasteiger partial charge in [-0.3, -0.25) is 4.79 Å². The van der Waals surface area contributed by atoms with Crippen LogP contribution in [0, 0.1) is 6.92 Å². The lowest BCUT2D eigenvalue weighted by Gasteiger charge is -2.25. The van der Waals surface area contributed by atoms with Gasteiger partial charge in [-0.1, -0.05) is 24.3 Å². The van der Waals surface area contributed by atoms with E-state index in [-0.39, 0.29) is 11.9 Å². The van der Waals surface area contributed by atoms with Crippen molar-refractivity contribution in [1.29, 1.82) is 0 Å². The van der Waals surface area contributed by atoms with Crippen LogP contribution >= 0.6 is 0 Å². The third kappa shape index (κ3) is 4.79. The van der Waals surface area contributed by atoms with Crippen LogP contribution in [0.25, 0.3) is 0 Å². The summed E-state index contributed by atoms with van der Waals surface area (Å²) < 4.78 is 12.8. The Morgan fingerprint density at radius 1 is 1.06 bits per heavy atom. The highest BCUT2D eigenvalue weighted by Crippen LogP contribution is 2.33. The number of ether oxygens (including phenoxy) is 2. The number of aromatic nitrogens is 2. The van der Waals surface area contributed by atoms with E-state index in [1.807, 2.05) is 47.5 Å². The lowest BCUT2D eigenvalue weighted by molar-refractivity contribution is -0.132. The normalized spacial score (nSPS) is 15.7. The van der Waals surface area contributed by atoms with Gasteiger partial charge in [-0.2, -0.15) is 0 Å². The monoisotopic (exact) mass is 433 g/mol. The van der Waals surface area contributed by atoms with Gasteiger partial charge >= 0.3 is 0 Å². The third-order valence-corrected chi connectivity index (χ3v) is 6.22. The molecule has 1 aromatic heterocycles. The molecule has 1 aliphatic rings. The second-order valence-electron chi connectivity index (χ2n) is 8.29. The van der Waals surface area contributed by atoms with E-state index in [4.69, 9.17) is 14.5 Å². The van der Waals surface area contributed by atoms with Crippen LogP contribution in [-0.4, -0.2) is 41.1 Å². The number of rotatable bonds is 8. The third-order valence-electron chi connectivity index (χ3n) is 6.22. The molecule has 2 heterocycles. The largest absolute Gasteiger partial charge is 0.497 e. The van der Waals surface area contributed by atoms with E-state index in [1.54, 1.807) is 14.2 Å². The van der Waals surface area contributed by atoms with Crippen molar-refractivity contribution in [1.82, 2.24) is 14.5 Å². The summed E-state index contributed by atoms with van der Waals surface area (Å²) in [7, 11) is 3.34. The number of methoxy groups -OCH3 is 2. The standard InChI is InChI=1S/C26H31N3O3/c1-19-17-27-26(29(19)18-21-9-12-22(31-2)13-10-21)24-8-5-15-28(24)25(30)14-11-20-6-4-7-23(16-20)32-3/h4,6-7,9-10,12-13,16-17,24H,5,8,11,14-15,18H2,1-3H3. The molecule has 2 aromatic carbocycles. The first-order valence-corrected chi connectivity index (χ1v) is 11.2. The first-order chi connectivity index (χ1) is 15.6. The number of nitrogens with zero attached hydrogens (tertiary/aromatic N) is 3. The van der Waals surface area contributed by atoms with Gasteiger partial charge in [0.15, 0.2) is 0 Å². The smallest absolute Gasteiger partial charge is 0.223 e. The zero-order valence-corrected chi connectivity index (χ0v) is 19.1. The van der Waals surface area contributed by atoms with Gasteiger partial charge in [-0.25, -0.2) is 4.98 Å². The Bertz CT molecular complexity index is 1060. The molecule has 4 rings (SSSR count). The van der Waals surface area contributed by atoms with Gasteiger partial charge < -0.3 is 18.9 Å². The van der Waals surface area contributed by atoms with Crippen LogP contribution in [0.5, 0.6) is 11.5 Å². The molecule has 32 heavy (non-hydrogen) atoms. The first-order valence-electron chi connectivity index (χ1n) is 11.2. The summed E-state index contributed by atoms with van der Waals surface area (Å²) in [6.45, 7) is 3.59. The highest BCUT2D eigenvalue weighted by atomic mass is 16.5. The number of carbonyl (C=O) groups excluding carboxylic acids is 1. The minimum Gasteiger partial charge on any atom is -0.497 e. The minimum absolute atomic E-state index is 0.0276. The maximum atomic E-state index is 13.1. The molecule has 0 radical (unpaired) electrons. The van der Waals surface area contributed by atoms with E-state index in [2.05, 4.69) is 23.6 Å². The summed E-state index contributed by atoms with van der Waals surface area (Å²) in [6.07, 6.45) is 5.06. The highest BCUT2D eigenvalue weighted by molar-refractivity contribution is 5.77. The predicted octanol–water partition coefficient (Wildman–Crippen LogP) is 4.55. The van der Waals surface area contributed by atoms with Crippen molar-refractivity contribution in [2.24, 2.45) is 0 Å². The van der Waals surface area contributed by atoms with Crippen molar-refractivity contribution in [3.63, 3.8) is 0 Å². The van der Waals surface area contributed by atoms with E-state index in [0.29, 0.717) is 12.8 Å². The molecule has 0 aliphatic carbocycles. The summed E-state index contributed by atoms with van der Waals surface area (Å²) in [5, 5.41) is 0. The number of hydrogen-bond acceptors (Lipinski definition) is 4. The average Bonchev–Trinajstić information content (AvgIpc) is 3.45. The molecule has 0 spiro atoms. The molecular formula is C26H31N3O3. The van der Waals surface area contributed by atoms with Crippen LogP contribution in [0.1, 0.15) is 47.9 Å². The number of aryl methyl sites for hydroxylation is 2. The molecule has 168 valence electrons. The molecule has 3 aromatic rings. The Morgan fingerprint density at radius 3 is 2.59 bits per heavy atom. The van der Waals surface area contributed by atoms with E-state index < -0.39 is 0 Å². The van der Waals surface area contributed by atoms with Crippen molar-refractivity contribution >= 4 is 5.91 Å². The van der Waals surface area contributed by atoms with Crippen molar-refractivity contribution in [3.05, 3.63) is 77.4 Å². The molecule has 6 nitrogen and oxygen atoms in total. The van der Waals surface area contributed by atoms with Crippen molar-refractivity contribution < 1.29 is 14.3 Å². The lowest BCUT2D eigenvalue weighted by Crippen LogP contribution is -2.32. The summed E-state index contributed by atoms with van der Waals surface area (Å²) in [5.74, 6) is 2.84. The predicted molar refractivity (Wildman–Crippen MR) is 124 cm³/mol. The van der Waals surface area contributed by atoms with E-state index in [9.17, 15) is 4.79 Å². The molecule has 0 N–H and O–H groups in total. The number of benzene rings is 2. The number of amides is 1. The van der Waals surface area contributed by atoms with Crippen molar-refractivity contribution in [3.8, 4) is 11.5 Å². The topological polar surface area (TPSA) is 56.6 Å². The number of carbonyl (C=O) groups is 1. The Kier molecular flexibility index (Phi) is 6.78. The number of imidazole rings is 1. The second-order valence-corrected chi connectivity index (χ2v) is 8.29.